The van der Waals surface area contributed by atoms with Crippen molar-refractivity contribution in [3.63, 3.8) is 0 Å². The fraction of sp³-hybridized carbons (Fsp3) is 1.00. The lowest BCUT2D eigenvalue weighted by Gasteiger charge is -1.65. The van der Waals surface area contributed by atoms with Gasteiger partial charge in [0.15, 0.2) is 0 Å². The Morgan fingerprint density at radius 1 is 1.60 bits per heavy atom. The summed E-state index contributed by atoms with van der Waals surface area (Å²) in [6.45, 7) is 0. The predicted molar refractivity (Wildman–Crippen MR) is 24.3 cm³/mol. The van der Waals surface area contributed by atoms with Crippen molar-refractivity contribution in [1.29, 1.82) is 0 Å². The van der Waals surface area contributed by atoms with Gasteiger partial charge < -0.3 is 0 Å². The summed E-state index contributed by atoms with van der Waals surface area (Å²) in [7, 11) is 1.65. The zero-order valence-electron chi connectivity index (χ0n) is 3.30. The van der Waals surface area contributed by atoms with E-state index in [1.807, 2.05) is 6.26 Å². The molecule has 0 bridgehead atoms. The van der Waals surface area contributed by atoms with Crippen molar-refractivity contribution in [3.8, 4) is 0 Å². The molecule has 0 saturated heterocycles. The van der Waals surface area contributed by atoms with Crippen LogP contribution < -0.4 is 0 Å². The zero-order chi connectivity index (χ0) is 4.12. The molecule has 0 aromatic carbocycles. The molecule has 0 spiro atoms. The Bertz CT molecular complexity index is 34.6. The van der Waals surface area contributed by atoms with E-state index in [1.165, 1.54) is 11.9 Å². The van der Waals surface area contributed by atoms with Crippen molar-refractivity contribution in [2.45, 2.75) is 0 Å². The van der Waals surface area contributed by atoms with Gasteiger partial charge in [-0.05, 0) is 11.9 Å². The van der Waals surface area contributed by atoms with E-state index in [0.29, 0.717) is 0 Å². The normalized spacial score (nSPS) is 10.0. The number of hydrogen-bond donors (Lipinski definition) is 0. The second kappa shape index (κ2) is 3.95. The van der Waals surface area contributed by atoms with Gasteiger partial charge in [0.25, 0.3) is 0 Å². The topological polar surface area (TPSA) is 24.7 Å². The third-order valence-corrected chi connectivity index (χ3v) is 0.490. The molecule has 0 N–H and O–H groups in total. The molecular formula is C2H6N2S. The SMILES string of the molecule is CN=NSC. The van der Waals surface area contributed by atoms with E-state index in [0.717, 1.165) is 0 Å². The average molecular weight is 90.2 g/mol. The van der Waals surface area contributed by atoms with Gasteiger partial charge in [0.05, 0.1) is 0 Å². The highest BCUT2D eigenvalue weighted by atomic mass is 32.2. The molecule has 0 saturated carbocycles. The lowest BCUT2D eigenvalue weighted by atomic mass is 11.6. The van der Waals surface area contributed by atoms with Crippen molar-refractivity contribution in [2.75, 3.05) is 13.3 Å². The van der Waals surface area contributed by atoms with Crippen LogP contribution in [0.2, 0.25) is 0 Å². The Kier molecular flexibility index (Phi) is 3.91. The van der Waals surface area contributed by atoms with Gasteiger partial charge >= 0.3 is 0 Å². The van der Waals surface area contributed by atoms with Crippen molar-refractivity contribution in [3.05, 3.63) is 0 Å². The summed E-state index contributed by atoms with van der Waals surface area (Å²) < 4.78 is 3.51. The van der Waals surface area contributed by atoms with E-state index in [2.05, 4.69) is 9.63 Å². The van der Waals surface area contributed by atoms with Crippen LogP contribution >= 0.6 is 11.9 Å². The molecule has 0 unspecified atom stereocenters. The fourth-order valence-electron chi connectivity index (χ4n) is 0.0816. The van der Waals surface area contributed by atoms with Gasteiger partial charge in [0.1, 0.15) is 0 Å². The number of hydrogen-bond acceptors (Lipinski definition) is 3. The summed E-state index contributed by atoms with van der Waals surface area (Å²) in [4.78, 5) is 0. The molecule has 0 rings (SSSR count). The van der Waals surface area contributed by atoms with Crippen LogP contribution in [0.1, 0.15) is 0 Å². The highest BCUT2D eigenvalue weighted by Gasteiger charge is 1.52. The maximum absolute atomic E-state index is 3.51. The first-order chi connectivity index (χ1) is 2.41. The second-order valence-electron chi connectivity index (χ2n) is 0.464. The Morgan fingerprint density at radius 3 is 2.20 bits per heavy atom. The van der Waals surface area contributed by atoms with Crippen LogP contribution in [0.25, 0.3) is 0 Å². The number of nitrogens with zero attached hydrogens (tertiary/aromatic N) is 2. The van der Waals surface area contributed by atoms with Crippen LogP contribution in [0.4, 0.5) is 0 Å². The van der Waals surface area contributed by atoms with Crippen LogP contribution in [0.5, 0.6) is 0 Å². The standard InChI is InChI=1S/C2H6N2S/c1-3-4-5-2/h1-2H3. The van der Waals surface area contributed by atoms with Gasteiger partial charge in [0.2, 0.25) is 0 Å². The van der Waals surface area contributed by atoms with E-state index in [9.17, 15) is 0 Å². The largest absolute Gasteiger partial charge is 0.185 e. The van der Waals surface area contributed by atoms with Crippen molar-refractivity contribution in [1.82, 2.24) is 0 Å². The highest BCUT2D eigenvalue weighted by Crippen LogP contribution is 1.89. The van der Waals surface area contributed by atoms with E-state index < -0.39 is 0 Å². The minimum Gasteiger partial charge on any atom is -0.185 e. The van der Waals surface area contributed by atoms with Crippen molar-refractivity contribution in [2.24, 2.45) is 9.63 Å². The molecule has 0 heterocycles. The summed E-state index contributed by atoms with van der Waals surface area (Å²) in [6, 6.07) is 0. The molecule has 5 heavy (non-hydrogen) atoms. The molecule has 2 nitrogen and oxygen atoms in total. The Hall–Kier alpha value is -0.0500. The first-order valence-electron chi connectivity index (χ1n) is 1.24. The molecule has 0 aliphatic rings. The quantitative estimate of drug-likeness (QED) is 0.352. The molecule has 0 fully saturated rings. The lowest BCUT2D eigenvalue weighted by molar-refractivity contribution is 1.26. The molecule has 0 aromatic heterocycles. The van der Waals surface area contributed by atoms with Gasteiger partial charge in [-0.1, -0.05) is 0 Å². The number of rotatable bonds is 1. The minimum atomic E-state index is 1.36. The first-order valence-corrected chi connectivity index (χ1v) is 2.42. The molecule has 3 heteroatoms. The summed E-state index contributed by atoms with van der Waals surface area (Å²) in [5, 5.41) is 3.44. The smallest absolute Gasteiger partial charge is 0.0498 e. The average Bonchev–Trinajstić information content (AvgIpc) is 1.41. The molecule has 0 amide bonds. The van der Waals surface area contributed by atoms with Gasteiger partial charge in [-0.25, -0.2) is 0 Å². The molecule has 0 aliphatic heterocycles. The molecule has 0 aromatic rings. The van der Waals surface area contributed by atoms with Crippen LogP contribution in [0.15, 0.2) is 9.63 Å². The van der Waals surface area contributed by atoms with Crippen LogP contribution in [0, 0.1) is 0 Å². The third-order valence-electron chi connectivity index (χ3n) is 0.163. The summed E-state index contributed by atoms with van der Waals surface area (Å²) in [5.41, 5.74) is 0. The Balaban J connectivity index is 2.62. The van der Waals surface area contributed by atoms with Gasteiger partial charge in [-0.2, -0.15) is 5.11 Å². The second-order valence-corrected chi connectivity index (χ2v) is 0.993. The summed E-state index contributed by atoms with van der Waals surface area (Å²) in [6.07, 6.45) is 1.87. The van der Waals surface area contributed by atoms with Crippen molar-refractivity contribution < 1.29 is 0 Å². The Morgan fingerprint density at radius 2 is 2.20 bits per heavy atom. The highest BCUT2D eigenvalue weighted by molar-refractivity contribution is 7.97. The minimum absolute atomic E-state index is 1.36. The van der Waals surface area contributed by atoms with Crippen molar-refractivity contribution >= 4 is 11.9 Å². The summed E-state index contributed by atoms with van der Waals surface area (Å²) >= 11 is 1.36. The summed E-state index contributed by atoms with van der Waals surface area (Å²) in [5.74, 6) is 0. The lowest BCUT2D eigenvalue weighted by Crippen LogP contribution is -1.38. The molecule has 0 atom stereocenters. The zero-order valence-corrected chi connectivity index (χ0v) is 4.12. The predicted octanol–water partition coefficient (Wildman–Crippen LogP) is 1.35. The van der Waals surface area contributed by atoms with E-state index >= 15 is 0 Å². The molecule has 0 aliphatic carbocycles. The van der Waals surface area contributed by atoms with Gasteiger partial charge in [-0.15, -0.1) is 4.52 Å². The first kappa shape index (κ1) is 4.95. The fourth-order valence-corrected chi connectivity index (χ4v) is 0.245. The van der Waals surface area contributed by atoms with Gasteiger partial charge in [0, 0.05) is 13.3 Å². The van der Waals surface area contributed by atoms with E-state index in [1.54, 1.807) is 7.05 Å². The van der Waals surface area contributed by atoms with Crippen LogP contribution in [-0.2, 0) is 0 Å². The molecular weight excluding hydrogens is 84.1 g/mol. The van der Waals surface area contributed by atoms with Crippen LogP contribution in [-0.4, -0.2) is 13.3 Å². The van der Waals surface area contributed by atoms with E-state index in [4.69, 9.17) is 0 Å². The maximum atomic E-state index is 3.51. The molecule has 0 radical (unpaired) electrons. The third kappa shape index (κ3) is 3.95. The maximum Gasteiger partial charge on any atom is 0.0498 e. The van der Waals surface area contributed by atoms with E-state index in [-0.39, 0.29) is 0 Å². The molecule has 30 valence electrons. The Labute approximate surface area is 35.8 Å². The van der Waals surface area contributed by atoms with Crippen LogP contribution in [0.3, 0.4) is 0 Å². The van der Waals surface area contributed by atoms with Gasteiger partial charge in [-0.3, -0.25) is 0 Å². The monoisotopic (exact) mass is 90.0 g/mol.